The number of aliphatic imine (C=N–C) groups is 1. The Morgan fingerprint density at radius 1 is 1.10 bits per heavy atom. The van der Waals surface area contributed by atoms with Crippen LogP contribution < -0.4 is 10.6 Å². The number of benzene rings is 2. The number of halogens is 1. The molecule has 4 heteroatoms. The topological polar surface area (TPSA) is 41.6 Å². The summed E-state index contributed by atoms with van der Waals surface area (Å²) in [6, 6.07) is 18.3. The van der Waals surface area contributed by atoms with Crippen LogP contribution in [0.1, 0.15) is 5.56 Å². The van der Waals surface area contributed by atoms with Gasteiger partial charge in [0.05, 0.1) is 23.3 Å². The Bertz CT molecular complexity index is 625. The van der Waals surface area contributed by atoms with E-state index in [2.05, 4.69) is 17.1 Å². The fourth-order valence-corrected chi connectivity index (χ4v) is 2.78. The van der Waals surface area contributed by atoms with Gasteiger partial charge in [-0.1, -0.05) is 54.1 Å². The fourth-order valence-electron chi connectivity index (χ4n) is 2.55. The molecule has 20 heavy (non-hydrogen) atoms. The van der Waals surface area contributed by atoms with Crippen molar-refractivity contribution in [1.82, 2.24) is 0 Å². The second-order valence-electron chi connectivity index (χ2n) is 4.86. The summed E-state index contributed by atoms with van der Waals surface area (Å²) < 4.78 is 0. The number of para-hydroxylation sites is 1. The summed E-state index contributed by atoms with van der Waals surface area (Å²) in [6.45, 7) is 0.700. The lowest BCUT2D eigenvalue weighted by Gasteiger charge is -2.27. The SMILES string of the molecule is NC1=NCC(Cc2ccccc2)N1c1ccccc1Cl. The average Bonchev–Trinajstić information content (AvgIpc) is 2.82. The normalized spacial score (nSPS) is 18.1. The van der Waals surface area contributed by atoms with Crippen molar-refractivity contribution < 1.29 is 0 Å². The lowest BCUT2D eigenvalue weighted by molar-refractivity contribution is 0.704. The Morgan fingerprint density at radius 2 is 1.80 bits per heavy atom. The van der Waals surface area contributed by atoms with E-state index >= 15 is 0 Å². The summed E-state index contributed by atoms with van der Waals surface area (Å²) >= 11 is 6.29. The van der Waals surface area contributed by atoms with Crippen LogP contribution in [-0.2, 0) is 6.42 Å². The smallest absolute Gasteiger partial charge is 0.196 e. The minimum Gasteiger partial charge on any atom is -0.370 e. The van der Waals surface area contributed by atoms with Gasteiger partial charge < -0.3 is 10.6 Å². The van der Waals surface area contributed by atoms with Crippen molar-refractivity contribution in [2.75, 3.05) is 11.4 Å². The lowest BCUT2D eigenvalue weighted by Crippen LogP contribution is -2.42. The summed E-state index contributed by atoms with van der Waals surface area (Å²) in [5.41, 5.74) is 8.24. The van der Waals surface area contributed by atoms with Crippen LogP contribution in [0.4, 0.5) is 5.69 Å². The molecule has 2 aromatic rings. The van der Waals surface area contributed by atoms with Gasteiger partial charge in [0.25, 0.3) is 0 Å². The molecule has 3 rings (SSSR count). The molecule has 0 saturated heterocycles. The van der Waals surface area contributed by atoms with Gasteiger partial charge in [-0.25, -0.2) is 0 Å². The van der Waals surface area contributed by atoms with E-state index in [-0.39, 0.29) is 6.04 Å². The zero-order valence-electron chi connectivity index (χ0n) is 11.0. The van der Waals surface area contributed by atoms with E-state index in [1.54, 1.807) is 0 Å². The molecule has 2 N–H and O–H groups in total. The van der Waals surface area contributed by atoms with Gasteiger partial charge in [-0.15, -0.1) is 0 Å². The Hall–Kier alpha value is -2.00. The predicted molar refractivity (Wildman–Crippen MR) is 84.4 cm³/mol. The highest BCUT2D eigenvalue weighted by Crippen LogP contribution is 2.29. The summed E-state index contributed by atoms with van der Waals surface area (Å²) in [7, 11) is 0. The van der Waals surface area contributed by atoms with E-state index in [4.69, 9.17) is 17.3 Å². The van der Waals surface area contributed by atoms with Crippen LogP contribution in [0.3, 0.4) is 0 Å². The Balaban J connectivity index is 1.87. The highest BCUT2D eigenvalue weighted by molar-refractivity contribution is 6.33. The van der Waals surface area contributed by atoms with Crippen LogP contribution in [0.5, 0.6) is 0 Å². The van der Waals surface area contributed by atoms with Crippen LogP contribution in [0, 0.1) is 0 Å². The fraction of sp³-hybridized carbons (Fsp3) is 0.188. The maximum Gasteiger partial charge on any atom is 0.196 e. The quantitative estimate of drug-likeness (QED) is 0.941. The molecule has 1 heterocycles. The molecule has 0 aromatic heterocycles. The van der Waals surface area contributed by atoms with Crippen molar-refractivity contribution in [2.45, 2.75) is 12.5 Å². The molecular weight excluding hydrogens is 270 g/mol. The van der Waals surface area contributed by atoms with Crippen molar-refractivity contribution >= 4 is 23.2 Å². The third-order valence-corrected chi connectivity index (χ3v) is 3.82. The number of hydrogen-bond acceptors (Lipinski definition) is 3. The molecule has 0 saturated carbocycles. The molecule has 0 bridgehead atoms. The summed E-state index contributed by atoms with van der Waals surface area (Å²) in [4.78, 5) is 6.41. The Labute approximate surface area is 123 Å². The molecule has 0 amide bonds. The van der Waals surface area contributed by atoms with E-state index in [1.807, 2.05) is 47.4 Å². The number of guanidine groups is 1. The number of nitrogens with zero attached hydrogens (tertiary/aromatic N) is 2. The molecule has 3 nitrogen and oxygen atoms in total. The highest BCUT2D eigenvalue weighted by atomic mass is 35.5. The van der Waals surface area contributed by atoms with Gasteiger partial charge in [0.2, 0.25) is 0 Å². The Kier molecular flexibility index (Phi) is 3.61. The number of hydrogen-bond donors (Lipinski definition) is 1. The first-order chi connectivity index (χ1) is 9.75. The molecule has 1 aliphatic heterocycles. The number of nitrogens with two attached hydrogens (primary N) is 1. The van der Waals surface area contributed by atoms with E-state index in [1.165, 1.54) is 5.56 Å². The maximum absolute atomic E-state index is 6.29. The van der Waals surface area contributed by atoms with E-state index in [9.17, 15) is 0 Å². The summed E-state index contributed by atoms with van der Waals surface area (Å²) in [6.07, 6.45) is 0.899. The molecule has 2 aromatic carbocycles. The van der Waals surface area contributed by atoms with Gasteiger partial charge in [-0.3, -0.25) is 4.99 Å². The third kappa shape index (κ3) is 2.49. The van der Waals surface area contributed by atoms with Crippen molar-refractivity contribution in [3.05, 3.63) is 65.2 Å². The van der Waals surface area contributed by atoms with Crippen LogP contribution in [-0.4, -0.2) is 18.5 Å². The lowest BCUT2D eigenvalue weighted by atomic mass is 10.0. The second kappa shape index (κ2) is 5.55. The molecule has 102 valence electrons. The minimum atomic E-state index is 0.220. The van der Waals surface area contributed by atoms with Gasteiger partial charge in [0.15, 0.2) is 5.96 Å². The van der Waals surface area contributed by atoms with E-state index in [0.717, 1.165) is 12.1 Å². The highest BCUT2D eigenvalue weighted by Gasteiger charge is 2.28. The second-order valence-corrected chi connectivity index (χ2v) is 5.27. The molecule has 0 spiro atoms. The predicted octanol–water partition coefficient (Wildman–Crippen LogP) is 3.09. The molecule has 0 fully saturated rings. The van der Waals surface area contributed by atoms with Gasteiger partial charge in [-0.05, 0) is 24.1 Å². The van der Waals surface area contributed by atoms with Crippen LogP contribution in [0.25, 0.3) is 0 Å². The third-order valence-electron chi connectivity index (χ3n) is 3.50. The van der Waals surface area contributed by atoms with Crippen molar-refractivity contribution in [1.29, 1.82) is 0 Å². The monoisotopic (exact) mass is 285 g/mol. The zero-order valence-corrected chi connectivity index (χ0v) is 11.8. The van der Waals surface area contributed by atoms with Crippen molar-refractivity contribution in [3.8, 4) is 0 Å². The average molecular weight is 286 g/mol. The molecule has 1 unspecified atom stereocenters. The summed E-state index contributed by atoms with van der Waals surface area (Å²) in [5, 5.41) is 0.700. The molecule has 1 aliphatic rings. The van der Waals surface area contributed by atoms with E-state index in [0.29, 0.717) is 17.5 Å². The molecule has 0 aliphatic carbocycles. The van der Waals surface area contributed by atoms with Crippen molar-refractivity contribution in [2.24, 2.45) is 10.7 Å². The van der Waals surface area contributed by atoms with Crippen LogP contribution in [0.2, 0.25) is 5.02 Å². The standard InChI is InChI=1S/C16H16ClN3/c17-14-8-4-5-9-15(14)20-13(11-19-16(20)18)10-12-6-2-1-3-7-12/h1-9,13H,10-11H2,(H2,18,19). The summed E-state index contributed by atoms with van der Waals surface area (Å²) in [5.74, 6) is 0.541. The number of rotatable bonds is 3. The van der Waals surface area contributed by atoms with Crippen LogP contribution in [0.15, 0.2) is 59.6 Å². The Morgan fingerprint density at radius 3 is 2.55 bits per heavy atom. The molecule has 0 radical (unpaired) electrons. The van der Waals surface area contributed by atoms with Gasteiger partial charge in [0, 0.05) is 0 Å². The zero-order chi connectivity index (χ0) is 13.9. The van der Waals surface area contributed by atoms with Gasteiger partial charge >= 0.3 is 0 Å². The largest absolute Gasteiger partial charge is 0.370 e. The van der Waals surface area contributed by atoms with Gasteiger partial charge in [0.1, 0.15) is 0 Å². The minimum absolute atomic E-state index is 0.220. The number of anilines is 1. The maximum atomic E-state index is 6.29. The van der Waals surface area contributed by atoms with E-state index < -0.39 is 0 Å². The van der Waals surface area contributed by atoms with Crippen molar-refractivity contribution in [3.63, 3.8) is 0 Å². The van der Waals surface area contributed by atoms with Gasteiger partial charge in [-0.2, -0.15) is 0 Å². The molecular formula is C16H16ClN3. The molecule has 1 atom stereocenters. The van der Waals surface area contributed by atoms with Crippen LogP contribution >= 0.6 is 11.6 Å². The first kappa shape index (κ1) is 13.0. The first-order valence-electron chi connectivity index (χ1n) is 6.63. The first-order valence-corrected chi connectivity index (χ1v) is 7.01.